The molecule has 3 rings (SSSR count). The molecule has 2 bridgehead atoms. The minimum absolute atomic E-state index is 0.0711. The van der Waals surface area contributed by atoms with E-state index in [4.69, 9.17) is 5.11 Å². The van der Waals surface area contributed by atoms with E-state index in [1.165, 1.54) is 0 Å². The van der Waals surface area contributed by atoms with Gasteiger partial charge in [-0.15, -0.1) is 0 Å². The van der Waals surface area contributed by atoms with E-state index in [-0.39, 0.29) is 6.61 Å². The summed E-state index contributed by atoms with van der Waals surface area (Å²) in [6.07, 6.45) is 3.55. The summed E-state index contributed by atoms with van der Waals surface area (Å²) in [5.41, 5.74) is 0.421. The number of nitrogens with zero attached hydrogens (tertiary/aromatic N) is 1. The summed E-state index contributed by atoms with van der Waals surface area (Å²) in [7, 11) is 0. The molecule has 0 radical (unpaired) electrons. The quantitative estimate of drug-likeness (QED) is 0.560. The van der Waals surface area contributed by atoms with Crippen LogP contribution in [0.1, 0.15) is 12.8 Å². The van der Waals surface area contributed by atoms with Gasteiger partial charge < -0.3 is 10.2 Å². The Kier molecular flexibility index (Phi) is 1.94. The van der Waals surface area contributed by atoms with Gasteiger partial charge in [-0.05, 0) is 12.0 Å². The molecule has 0 amide bonds. The number of rotatable bonds is 2. The van der Waals surface area contributed by atoms with Gasteiger partial charge in [-0.3, -0.25) is 4.90 Å². The number of hydrogen-bond acceptors (Lipinski definition) is 3. The zero-order chi connectivity index (χ0) is 8.60. The van der Waals surface area contributed by atoms with Gasteiger partial charge in [-0.2, -0.15) is 0 Å². The molecule has 0 aromatic rings. The van der Waals surface area contributed by atoms with Crippen LogP contribution in [-0.2, 0) is 0 Å². The van der Waals surface area contributed by atoms with Crippen LogP contribution in [0.3, 0.4) is 0 Å². The van der Waals surface area contributed by atoms with Crippen LogP contribution in [0.15, 0.2) is 11.6 Å². The molecular weight excluding hydrogens is 154 g/mol. The lowest BCUT2D eigenvalue weighted by molar-refractivity contribution is -0.0115. The Morgan fingerprint density at radius 1 is 1.58 bits per heavy atom. The fourth-order valence-electron chi connectivity index (χ4n) is 2.17. The van der Waals surface area contributed by atoms with Crippen molar-refractivity contribution in [2.75, 3.05) is 26.2 Å². The van der Waals surface area contributed by atoms with E-state index in [9.17, 15) is 5.11 Å². The maximum atomic E-state index is 10.1. The van der Waals surface area contributed by atoms with Crippen LogP contribution in [0.25, 0.3) is 0 Å². The zero-order valence-electron chi connectivity index (χ0n) is 7.16. The maximum absolute atomic E-state index is 10.1. The van der Waals surface area contributed by atoms with Crippen LogP contribution in [-0.4, -0.2) is 47.0 Å². The molecule has 1 fully saturated rings. The lowest BCUT2D eigenvalue weighted by Gasteiger charge is -2.44. The highest BCUT2D eigenvalue weighted by atomic mass is 16.3. The van der Waals surface area contributed by atoms with Crippen molar-refractivity contribution in [3.05, 3.63) is 11.6 Å². The van der Waals surface area contributed by atoms with Gasteiger partial charge in [-0.25, -0.2) is 0 Å². The van der Waals surface area contributed by atoms with Gasteiger partial charge in [-0.1, -0.05) is 6.08 Å². The van der Waals surface area contributed by atoms with Gasteiger partial charge in [0.05, 0.1) is 0 Å². The first kappa shape index (κ1) is 8.23. The minimum atomic E-state index is -0.717. The van der Waals surface area contributed by atoms with Crippen molar-refractivity contribution in [3.63, 3.8) is 0 Å². The third-order valence-electron chi connectivity index (χ3n) is 2.90. The predicted molar refractivity (Wildman–Crippen MR) is 45.8 cm³/mol. The third-order valence-corrected chi connectivity index (χ3v) is 2.90. The van der Waals surface area contributed by atoms with E-state index < -0.39 is 5.60 Å². The van der Waals surface area contributed by atoms with Crippen molar-refractivity contribution in [1.82, 2.24) is 4.90 Å². The summed E-state index contributed by atoms with van der Waals surface area (Å²) in [6.45, 7) is 2.82. The van der Waals surface area contributed by atoms with Gasteiger partial charge in [0.15, 0.2) is 0 Å². The molecule has 3 heterocycles. The highest BCUT2D eigenvalue weighted by Gasteiger charge is 2.39. The van der Waals surface area contributed by atoms with E-state index in [2.05, 4.69) is 11.0 Å². The fraction of sp³-hybridized carbons (Fsp3) is 0.778. The minimum Gasteiger partial charge on any atom is -0.396 e. The second kappa shape index (κ2) is 2.83. The van der Waals surface area contributed by atoms with E-state index in [0.29, 0.717) is 13.0 Å². The molecule has 3 heteroatoms. The molecule has 3 aliphatic rings. The largest absolute Gasteiger partial charge is 0.396 e. The van der Waals surface area contributed by atoms with Gasteiger partial charge in [0.1, 0.15) is 5.60 Å². The SMILES string of the molecule is OCCC1(O)CN2CC=C1CC2. The number of aliphatic hydroxyl groups excluding tert-OH is 1. The van der Waals surface area contributed by atoms with Crippen LogP contribution in [0, 0.1) is 0 Å². The van der Waals surface area contributed by atoms with Crippen LogP contribution in [0.4, 0.5) is 0 Å². The van der Waals surface area contributed by atoms with Crippen molar-refractivity contribution in [2.24, 2.45) is 0 Å². The molecular formula is C9H15NO2. The molecule has 0 aromatic heterocycles. The van der Waals surface area contributed by atoms with Crippen LogP contribution in [0.5, 0.6) is 0 Å². The van der Waals surface area contributed by atoms with Crippen molar-refractivity contribution < 1.29 is 10.2 Å². The number of hydrogen-bond donors (Lipinski definition) is 2. The van der Waals surface area contributed by atoms with Gasteiger partial charge in [0.2, 0.25) is 0 Å². The van der Waals surface area contributed by atoms with Gasteiger partial charge >= 0.3 is 0 Å². The third kappa shape index (κ3) is 1.18. The first-order chi connectivity index (χ1) is 5.74. The normalized spacial score (nSPS) is 39.8. The first-order valence-electron chi connectivity index (χ1n) is 4.50. The number of aliphatic hydroxyl groups is 2. The molecule has 2 unspecified atom stereocenters. The van der Waals surface area contributed by atoms with E-state index in [0.717, 1.165) is 25.1 Å². The molecule has 1 saturated heterocycles. The molecule has 68 valence electrons. The van der Waals surface area contributed by atoms with Crippen molar-refractivity contribution in [3.8, 4) is 0 Å². The van der Waals surface area contributed by atoms with E-state index in [1.54, 1.807) is 0 Å². The topological polar surface area (TPSA) is 43.7 Å². The average molecular weight is 169 g/mol. The van der Waals surface area contributed by atoms with E-state index in [1.807, 2.05) is 0 Å². The molecule has 3 aliphatic heterocycles. The molecule has 0 spiro atoms. The maximum Gasteiger partial charge on any atom is 0.101 e. The first-order valence-corrected chi connectivity index (χ1v) is 4.50. The summed E-state index contributed by atoms with van der Waals surface area (Å²) in [4.78, 5) is 2.22. The second-order valence-corrected chi connectivity index (χ2v) is 3.72. The molecule has 3 nitrogen and oxygen atoms in total. The summed E-state index contributed by atoms with van der Waals surface area (Å²) in [5.74, 6) is 0. The standard InChI is InChI=1S/C9H15NO2/c11-6-3-9(12)7-10-4-1-8(9)2-5-10/h1,11-12H,2-7H2. The summed E-state index contributed by atoms with van der Waals surface area (Å²) in [6, 6.07) is 0. The van der Waals surface area contributed by atoms with Crippen LogP contribution >= 0.6 is 0 Å². The molecule has 0 aliphatic carbocycles. The predicted octanol–water partition coefficient (Wildman–Crippen LogP) is -0.254. The number of fused-ring (bicyclic) bond motifs is 3. The Hall–Kier alpha value is -0.380. The summed E-state index contributed by atoms with van der Waals surface area (Å²) < 4.78 is 0. The van der Waals surface area contributed by atoms with Gasteiger partial charge in [0.25, 0.3) is 0 Å². The Morgan fingerprint density at radius 2 is 2.42 bits per heavy atom. The van der Waals surface area contributed by atoms with Crippen molar-refractivity contribution in [2.45, 2.75) is 18.4 Å². The Balaban J connectivity index is 2.17. The molecule has 0 saturated carbocycles. The van der Waals surface area contributed by atoms with Crippen LogP contribution < -0.4 is 0 Å². The lowest BCUT2D eigenvalue weighted by Crippen LogP contribution is -2.53. The molecule has 2 N–H and O–H groups in total. The number of piperidine rings is 1. The van der Waals surface area contributed by atoms with E-state index >= 15 is 0 Å². The summed E-state index contributed by atoms with van der Waals surface area (Å²) in [5, 5.41) is 18.9. The zero-order valence-corrected chi connectivity index (χ0v) is 7.16. The molecule has 0 aromatic carbocycles. The van der Waals surface area contributed by atoms with Crippen molar-refractivity contribution in [1.29, 1.82) is 0 Å². The highest BCUT2D eigenvalue weighted by molar-refractivity contribution is 5.25. The Bertz CT molecular complexity index is 215. The van der Waals surface area contributed by atoms with Crippen LogP contribution in [0.2, 0.25) is 0 Å². The van der Waals surface area contributed by atoms with Crippen molar-refractivity contribution >= 4 is 0 Å². The average Bonchev–Trinajstić information content (AvgIpc) is 2.05. The monoisotopic (exact) mass is 169 g/mol. The lowest BCUT2D eigenvalue weighted by atomic mass is 9.81. The molecule has 2 atom stereocenters. The summed E-state index contributed by atoms with van der Waals surface area (Å²) >= 11 is 0. The molecule has 12 heavy (non-hydrogen) atoms. The second-order valence-electron chi connectivity index (χ2n) is 3.72. The Labute approximate surface area is 72.3 Å². The smallest absolute Gasteiger partial charge is 0.101 e. The Morgan fingerprint density at radius 3 is 2.83 bits per heavy atom. The van der Waals surface area contributed by atoms with Gasteiger partial charge in [0, 0.05) is 32.7 Å². The fourth-order valence-corrected chi connectivity index (χ4v) is 2.17. The highest BCUT2D eigenvalue weighted by Crippen LogP contribution is 2.33.